The van der Waals surface area contributed by atoms with Gasteiger partial charge >= 0.3 is 11.9 Å². The molecule has 1 atom stereocenters. The van der Waals surface area contributed by atoms with Crippen LogP contribution in [0, 0.1) is 6.92 Å². The summed E-state index contributed by atoms with van der Waals surface area (Å²) < 4.78 is 6.44. The van der Waals surface area contributed by atoms with Gasteiger partial charge in [-0.1, -0.05) is 36.4 Å². The van der Waals surface area contributed by atoms with Gasteiger partial charge in [0.15, 0.2) is 0 Å². The number of hydrogen-bond acceptors (Lipinski definition) is 7. The maximum Gasteiger partial charge on any atom is 0.356 e. The van der Waals surface area contributed by atoms with Crippen molar-refractivity contribution in [2.45, 2.75) is 25.9 Å². The van der Waals surface area contributed by atoms with Crippen LogP contribution >= 0.6 is 11.3 Å². The first-order valence-electron chi connectivity index (χ1n) is 9.58. The molecule has 7 heteroatoms. The first-order valence-corrected chi connectivity index (χ1v) is 10.5. The maximum absolute atomic E-state index is 12.2. The molecule has 0 saturated carbocycles. The zero-order valence-electron chi connectivity index (χ0n) is 16.7. The number of hydrogen-bond donors (Lipinski definition) is 0. The number of thiophene rings is 1. The normalized spacial score (nSPS) is 15.9. The molecular formula is C23H21NO5S. The van der Waals surface area contributed by atoms with Crippen molar-refractivity contribution in [1.82, 2.24) is 5.23 Å². The lowest BCUT2D eigenvalue weighted by molar-refractivity contribution is -0.304. The van der Waals surface area contributed by atoms with Gasteiger partial charge in [0.2, 0.25) is 0 Å². The van der Waals surface area contributed by atoms with E-state index in [1.165, 1.54) is 18.7 Å². The Morgan fingerprint density at radius 1 is 1.03 bits per heavy atom. The average Bonchev–Trinajstić information content (AvgIpc) is 3.22. The molecule has 1 aromatic heterocycles. The number of rotatable bonds is 6. The Morgan fingerprint density at radius 3 is 2.60 bits per heavy atom. The van der Waals surface area contributed by atoms with E-state index in [0.717, 1.165) is 26.6 Å². The molecule has 0 radical (unpaired) electrons. The van der Waals surface area contributed by atoms with Crippen molar-refractivity contribution >= 4 is 34.0 Å². The zero-order chi connectivity index (χ0) is 21.1. The van der Waals surface area contributed by atoms with Gasteiger partial charge in [0.25, 0.3) is 0 Å². The van der Waals surface area contributed by atoms with E-state index in [4.69, 9.17) is 14.4 Å². The minimum atomic E-state index is -0.642. The molecule has 30 heavy (non-hydrogen) atoms. The largest absolute Gasteiger partial charge is 0.484 e. The van der Waals surface area contributed by atoms with E-state index >= 15 is 0 Å². The van der Waals surface area contributed by atoms with Gasteiger partial charge in [0.05, 0.1) is 7.05 Å². The van der Waals surface area contributed by atoms with Crippen LogP contribution in [0.25, 0.3) is 10.8 Å². The van der Waals surface area contributed by atoms with E-state index in [1.54, 1.807) is 11.3 Å². The zero-order valence-corrected chi connectivity index (χ0v) is 17.5. The lowest BCUT2D eigenvalue weighted by atomic mass is 10.0. The summed E-state index contributed by atoms with van der Waals surface area (Å²) in [4.78, 5) is 34.8. The molecule has 2 aromatic carbocycles. The third-order valence-corrected chi connectivity index (χ3v) is 5.86. The molecule has 0 aliphatic carbocycles. The lowest BCUT2D eigenvalue weighted by Crippen LogP contribution is -2.23. The first-order chi connectivity index (χ1) is 14.5. The molecule has 1 aliphatic rings. The van der Waals surface area contributed by atoms with E-state index < -0.39 is 11.9 Å². The number of fused-ring (bicyclic) bond motifs is 1. The third kappa shape index (κ3) is 4.37. The number of ether oxygens (including phenoxy) is 1. The van der Waals surface area contributed by atoms with Gasteiger partial charge in [-0.2, -0.15) is 0 Å². The molecule has 0 saturated heterocycles. The van der Waals surface area contributed by atoms with Gasteiger partial charge in [0.1, 0.15) is 11.9 Å². The van der Waals surface area contributed by atoms with Gasteiger partial charge in [-0.3, -0.25) is 0 Å². The van der Waals surface area contributed by atoms with Crippen LogP contribution in [0.15, 0.2) is 65.6 Å². The Balaban J connectivity index is 1.59. The van der Waals surface area contributed by atoms with Crippen LogP contribution in [-0.4, -0.2) is 24.2 Å². The number of benzene rings is 2. The molecule has 154 valence electrons. The molecule has 0 N–H and O–H groups in total. The highest BCUT2D eigenvalue weighted by atomic mass is 32.1. The highest BCUT2D eigenvalue weighted by Crippen LogP contribution is 2.35. The Labute approximate surface area is 178 Å². The lowest BCUT2D eigenvalue weighted by Gasteiger charge is -2.20. The molecule has 2 heterocycles. The summed E-state index contributed by atoms with van der Waals surface area (Å²) in [5, 5.41) is 4.93. The predicted octanol–water partition coefficient (Wildman–Crippen LogP) is 4.90. The topological polar surface area (TPSA) is 65.1 Å². The fraction of sp³-hybridized carbons (Fsp3) is 0.217. The minimum Gasteiger partial charge on any atom is -0.484 e. The van der Waals surface area contributed by atoms with Crippen molar-refractivity contribution in [3.63, 3.8) is 0 Å². The summed E-state index contributed by atoms with van der Waals surface area (Å²) in [5.41, 5.74) is 1.43. The summed E-state index contributed by atoms with van der Waals surface area (Å²) >= 11 is 1.59. The van der Waals surface area contributed by atoms with Gasteiger partial charge in [-0.05, 0) is 48.2 Å². The Bertz CT molecular complexity index is 1110. The van der Waals surface area contributed by atoms with E-state index in [9.17, 15) is 9.59 Å². The van der Waals surface area contributed by atoms with Gasteiger partial charge in [0, 0.05) is 27.1 Å². The number of aryl methyl sites for hydroxylation is 1. The molecule has 6 nitrogen and oxygen atoms in total. The summed E-state index contributed by atoms with van der Waals surface area (Å²) in [6, 6.07) is 16.1. The summed E-state index contributed by atoms with van der Waals surface area (Å²) in [5.74, 6) is -0.461. The molecule has 4 rings (SSSR count). The standard InChI is InChI=1S/C23H21NO5S/c1-15-9-11-19(18-7-4-3-6-17(15)18)27-20(21-8-5-13-30-21)12-10-16-14-22(25)28-24(2)29-23(16)26/h3-9,11,13-14,20H,10,12H2,1-2H3. The Morgan fingerprint density at radius 2 is 1.83 bits per heavy atom. The van der Waals surface area contributed by atoms with Gasteiger partial charge in [-0.15, -0.1) is 11.3 Å². The molecule has 1 aliphatic heterocycles. The molecule has 0 amide bonds. The molecule has 1 unspecified atom stereocenters. The van der Waals surface area contributed by atoms with Crippen LogP contribution in [0.3, 0.4) is 0 Å². The molecule has 0 fully saturated rings. The third-order valence-electron chi connectivity index (χ3n) is 4.89. The molecular weight excluding hydrogens is 402 g/mol. The Hall–Kier alpha value is -3.16. The van der Waals surface area contributed by atoms with Crippen LogP contribution in [0.2, 0.25) is 0 Å². The maximum atomic E-state index is 12.2. The second-order valence-corrected chi connectivity index (χ2v) is 7.96. The van der Waals surface area contributed by atoms with Crippen LogP contribution in [-0.2, 0) is 19.3 Å². The fourth-order valence-corrected chi connectivity index (χ4v) is 4.21. The molecule has 3 aromatic rings. The summed E-state index contributed by atoms with van der Waals surface area (Å²) in [6.07, 6.45) is 1.72. The highest BCUT2D eigenvalue weighted by Gasteiger charge is 2.25. The number of carbonyl (C=O) groups is 2. The molecule has 0 bridgehead atoms. The van der Waals surface area contributed by atoms with Crippen molar-refractivity contribution in [2.24, 2.45) is 0 Å². The summed E-state index contributed by atoms with van der Waals surface area (Å²) in [7, 11) is 1.35. The fourth-order valence-electron chi connectivity index (χ4n) is 3.42. The molecule has 0 spiro atoms. The quantitative estimate of drug-likeness (QED) is 0.562. The SMILES string of the molecule is Cc1ccc(OC(CCC2=CC(=O)ON(C)OC2=O)c2cccs2)c2ccccc12. The van der Waals surface area contributed by atoms with E-state index in [2.05, 4.69) is 13.0 Å². The first kappa shape index (κ1) is 20.1. The van der Waals surface area contributed by atoms with Gasteiger partial charge < -0.3 is 14.4 Å². The van der Waals surface area contributed by atoms with Crippen molar-refractivity contribution in [2.75, 3.05) is 7.05 Å². The minimum absolute atomic E-state index is 0.253. The number of hydroxylamine groups is 2. The van der Waals surface area contributed by atoms with Crippen molar-refractivity contribution in [3.8, 4) is 5.75 Å². The highest BCUT2D eigenvalue weighted by molar-refractivity contribution is 7.10. The second kappa shape index (κ2) is 8.69. The van der Waals surface area contributed by atoms with Crippen LogP contribution in [0.5, 0.6) is 5.75 Å². The van der Waals surface area contributed by atoms with Gasteiger partial charge in [-0.25, -0.2) is 9.59 Å². The Kier molecular flexibility index (Phi) is 5.83. The van der Waals surface area contributed by atoms with E-state index in [1.807, 2.05) is 47.8 Å². The predicted molar refractivity (Wildman–Crippen MR) is 114 cm³/mol. The second-order valence-electron chi connectivity index (χ2n) is 6.99. The average molecular weight is 423 g/mol. The monoisotopic (exact) mass is 423 g/mol. The van der Waals surface area contributed by atoms with Crippen LogP contribution in [0.1, 0.15) is 29.4 Å². The van der Waals surface area contributed by atoms with Crippen molar-refractivity contribution in [3.05, 3.63) is 76.0 Å². The number of nitrogens with zero attached hydrogens (tertiary/aromatic N) is 1. The van der Waals surface area contributed by atoms with Crippen molar-refractivity contribution in [1.29, 1.82) is 0 Å². The van der Waals surface area contributed by atoms with Crippen molar-refractivity contribution < 1.29 is 24.0 Å². The van der Waals surface area contributed by atoms with Crippen LogP contribution in [0.4, 0.5) is 0 Å². The smallest absolute Gasteiger partial charge is 0.356 e. The van der Waals surface area contributed by atoms with E-state index in [-0.39, 0.29) is 11.7 Å². The van der Waals surface area contributed by atoms with E-state index in [0.29, 0.717) is 12.8 Å². The summed E-state index contributed by atoms with van der Waals surface area (Å²) in [6.45, 7) is 2.07. The van der Waals surface area contributed by atoms with Crippen LogP contribution < -0.4 is 4.74 Å². The number of carbonyl (C=O) groups excluding carboxylic acids is 2.